The third-order valence-corrected chi connectivity index (χ3v) is 7.00. The number of rotatable bonds is 5. The Morgan fingerprint density at radius 1 is 1.08 bits per heavy atom. The van der Waals surface area contributed by atoms with Gasteiger partial charge in [0.2, 0.25) is 0 Å². The maximum absolute atomic E-state index is 13.6. The lowest BCUT2D eigenvalue weighted by Crippen LogP contribution is -2.55. The van der Waals surface area contributed by atoms with Crippen LogP contribution in [0.5, 0.6) is 0 Å². The topological polar surface area (TPSA) is 114 Å². The summed E-state index contributed by atoms with van der Waals surface area (Å²) in [4.78, 5) is 3.55. The predicted molar refractivity (Wildman–Crippen MR) is 115 cm³/mol. The highest BCUT2D eigenvalue weighted by Crippen LogP contribution is 2.40. The van der Waals surface area contributed by atoms with Crippen LogP contribution >= 0.6 is 27.7 Å². The second-order valence-corrected chi connectivity index (χ2v) is 9.68. The average molecular weight is 601 g/mol. The molecule has 3 N–H and O–H groups in total. The Kier molecular flexibility index (Phi) is 7.64. The van der Waals surface area contributed by atoms with Crippen LogP contribution in [0.4, 0.5) is 26.3 Å². The monoisotopic (exact) mass is 600 g/mol. The minimum absolute atomic E-state index is 0.112. The largest absolute Gasteiger partial charge is 0.434 e. The first-order valence-corrected chi connectivity index (χ1v) is 11.7. The molecule has 0 spiro atoms. The van der Waals surface area contributed by atoms with E-state index in [0.29, 0.717) is 12.1 Å². The molecule has 0 amide bonds. The van der Waals surface area contributed by atoms with E-state index in [-0.39, 0.29) is 20.6 Å². The Morgan fingerprint density at radius 3 is 2.33 bits per heavy atom. The summed E-state index contributed by atoms with van der Waals surface area (Å²) in [6, 6.07) is 1.20. The van der Waals surface area contributed by atoms with Gasteiger partial charge in [0.25, 0.3) is 0 Å². The molecule has 2 aromatic heterocycles. The number of aromatic nitrogens is 4. The van der Waals surface area contributed by atoms with Gasteiger partial charge >= 0.3 is 6.18 Å². The first-order valence-electron chi connectivity index (χ1n) is 9.99. The molecule has 2 unspecified atom stereocenters. The molecule has 3 aromatic rings. The maximum atomic E-state index is 13.6. The Labute approximate surface area is 211 Å². The Hall–Kier alpha value is -2.24. The number of thioether (sulfide) groups is 1. The second-order valence-electron chi connectivity index (χ2n) is 7.65. The highest BCUT2D eigenvalue weighted by atomic mass is 79.9. The lowest BCUT2D eigenvalue weighted by Gasteiger charge is -2.41. The molecule has 5 atom stereocenters. The number of hydrogen-bond acceptors (Lipinski definition) is 8. The van der Waals surface area contributed by atoms with Crippen molar-refractivity contribution in [1.82, 2.24) is 20.0 Å². The fourth-order valence-electron chi connectivity index (χ4n) is 3.56. The summed E-state index contributed by atoms with van der Waals surface area (Å²) in [5.74, 6) is -4.59. The first-order chi connectivity index (χ1) is 16.9. The minimum atomic E-state index is -4.69. The third kappa shape index (κ3) is 5.24. The van der Waals surface area contributed by atoms with Gasteiger partial charge in [-0.2, -0.15) is 13.2 Å². The van der Waals surface area contributed by atoms with Crippen LogP contribution in [0.1, 0.15) is 11.7 Å². The summed E-state index contributed by atoms with van der Waals surface area (Å²) in [5, 5.41) is 38.8. The van der Waals surface area contributed by atoms with E-state index >= 15 is 0 Å². The van der Waals surface area contributed by atoms with Crippen LogP contribution in [0.15, 0.2) is 40.0 Å². The van der Waals surface area contributed by atoms with E-state index in [1.807, 2.05) is 0 Å². The molecule has 1 fully saturated rings. The predicted octanol–water partition coefficient (Wildman–Crippen LogP) is 3.31. The molecule has 4 rings (SSSR count). The summed E-state index contributed by atoms with van der Waals surface area (Å²) in [7, 11) is 0. The summed E-state index contributed by atoms with van der Waals surface area (Å²) >= 11 is 3.59. The highest BCUT2D eigenvalue weighted by molar-refractivity contribution is 9.10. The van der Waals surface area contributed by atoms with Crippen LogP contribution in [0.3, 0.4) is 0 Å². The number of aliphatic hydroxyl groups is 3. The molecule has 0 aliphatic carbocycles. The smallest absolute Gasteiger partial charge is 0.394 e. The number of ether oxygens (including phenoxy) is 1. The maximum Gasteiger partial charge on any atom is 0.434 e. The van der Waals surface area contributed by atoms with Crippen LogP contribution in [-0.2, 0) is 10.9 Å². The quantitative estimate of drug-likeness (QED) is 0.302. The molecule has 1 aliphatic rings. The number of halogens is 7. The van der Waals surface area contributed by atoms with E-state index in [0.717, 1.165) is 34.9 Å². The Balaban J connectivity index is 1.62. The van der Waals surface area contributed by atoms with Gasteiger partial charge in [0, 0.05) is 21.1 Å². The van der Waals surface area contributed by atoms with E-state index in [4.69, 9.17) is 4.74 Å². The molecule has 0 radical (unpaired) electrons. The number of pyridine rings is 1. The molecule has 0 saturated carbocycles. The van der Waals surface area contributed by atoms with Crippen molar-refractivity contribution >= 4 is 27.7 Å². The van der Waals surface area contributed by atoms with E-state index in [2.05, 4.69) is 31.2 Å². The van der Waals surface area contributed by atoms with Gasteiger partial charge < -0.3 is 20.1 Å². The van der Waals surface area contributed by atoms with Gasteiger partial charge in [0.1, 0.15) is 35.5 Å². The molecule has 0 bridgehead atoms. The van der Waals surface area contributed by atoms with Crippen LogP contribution in [0.2, 0.25) is 0 Å². The van der Waals surface area contributed by atoms with Crippen molar-refractivity contribution in [3.63, 3.8) is 0 Å². The number of aliphatic hydroxyl groups excluding tert-OH is 3. The molecule has 8 nitrogen and oxygen atoms in total. The molecule has 3 heterocycles. The Morgan fingerprint density at radius 2 is 1.75 bits per heavy atom. The van der Waals surface area contributed by atoms with E-state index in [9.17, 15) is 41.7 Å². The number of benzene rings is 1. The van der Waals surface area contributed by atoms with Gasteiger partial charge in [-0.25, -0.2) is 22.8 Å². The number of alkyl halides is 3. The van der Waals surface area contributed by atoms with Gasteiger partial charge in [0.05, 0.1) is 12.8 Å². The van der Waals surface area contributed by atoms with Gasteiger partial charge in [-0.15, -0.1) is 5.10 Å². The van der Waals surface area contributed by atoms with E-state index < -0.39 is 65.7 Å². The van der Waals surface area contributed by atoms with Crippen molar-refractivity contribution in [2.24, 2.45) is 0 Å². The lowest BCUT2D eigenvalue weighted by atomic mass is 9.97. The summed E-state index contributed by atoms with van der Waals surface area (Å²) < 4.78 is 85.6. The minimum Gasteiger partial charge on any atom is -0.394 e. The molecule has 16 heteroatoms. The molecule has 1 saturated heterocycles. The van der Waals surface area contributed by atoms with E-state index in [1.54, 1.807) is 0 Å². The zero-order chi connectivity index (χ0) is 26.4. The van der Waals surface area contributed by atoms with Crippen molar-refractivity contribution in [2.45, 2.75) is 40.9 Å². The van der Waals surface area contributed by atoms with Gasteiger partial charge in [-0.1, -0.05) is 17.0 Å². The van der Waals surface area contributed by atoms with Crippen LogP contribution in [-0.4, -0.2) is 65.7 Å². The normalized spacial score (nSPS) is 24.8. The zero-order valence-electron chi connectivity index (χ0n) is 17.6. The van der Waals surface area contributed by atoms with Gasteiger partial charge in [-0.05, 0) is 34.1 Å². The molecule has 1 aliphatic heterocycles. The SMILES string of the molecule is OCC1O[C@H](Sc2cnc(C(F)(F)F)c(Br)c2)[C@@H](O)C(n2cc(-c3cc(F)c(F)c(F)c3)nn2)[C@H]1O. The average Bonchev–Trinajstić information content (AvgIpc) is 3.28. The summed E-state index contributed by atoms with van der Waals surface area (Å²) in [6.07, 6.45) is -6.95. The molecular weight excluding hydrogens is 586 g/mol. The molecule has 1 aromatic carbocycles. The van der Waals surface area contributed by atoms with Crippen LogP contribution in [0, 0.1) is 17.5 Å². The first kappa shape index (κ1) is 26.8. The van der Waals surface area contributed by atoms with E-state index in [1.165, 1.54) is 0 Å². The molecule has 194 valence electrons. The molecule has 36 heavy (non-hydrogen) atoms. The van der Waals surface area contributed by atoms with Crippen molar-refractivity contribution in [1.29, 1.82) is 0 Å². The number of hydrogen-bond donors (Lipinski definition) is 3. The van der Waals surface area contributed by atoms with Crippen molar-refractivity contribution in [3.8, 4) is 11.3 Å². The molecular formula is C20H15BrF6N4O4S. The Bertz CT molecular complexity index is 1240. The van der Waals surface area contributed by atoms with Crippen molar-refractivity contribution in [3.05, 3.63) is 58.2 Å². The van der Waals surface area contributed by atoms with Gasteiger partial charge in [0.15, 0.2) is 23.1 Å². The van der Waals surface area contributed by atoms with Crippen molar-refractivity contribution in [2.75, 3.05) is 6.61 Å². The zero-order valence-corrected chi connectivity index (χ0v) is 20.0. The fourth-order valence-corrected chi connectivity index (χ4v) is 5.36. The van der Waals surface area contributed by atoms with Crippen LogP contribution < -0.4 is 0 Å². The number of nitrogens with zero attached hydrogens (tertiary/aromatic N) is 4. The standard InChI is InChI=1S/C20H15BrF6N4O4S/c21-9-3-8(4-28-18(9)20(25,26)27)36-19-17(34)15(16(33)13(6-32)35-19)31-5-12(29-30-31)7-1-10(22)14(24)11(23)2-7/h1-5,13,15-17,19,32-34H,6H2/t13?,15?,16-,17-,19+/m0/s1. The highest BCUT2D eigenvalue weighted by Gasteiger charge is 2.46. The van der Waals surface area contributed by atoms with Crippen molar-refractivity contribution < 1.29 is 46.4 Å². The summed E-state index contributed by atoms with van der Waals surface area (Å²) in [5.41, 5.74) is -2.64. The second kappa shape index (κ2) is 10.3. The van der Waals surface area contributed by atoms with Gasteiger partial charge in [-0.3, -0.25) is 0 Å². The fraction of sp³-hybridized carbons (Fsp3) is 0.350. The third-order valence-electron chi connectivity index (χ3n) is 5.28. The lowest BCUT2D eigenvalue weighted by molar-refractivity contribution is -0.178. The summed E-state index contributed by atoms with van der Waals surface area (Å²) in [6.45, 7) is -0.688. The van der Waals surface area contributed by atoms with Crippen LogP contribution in [0.25, 0.3) is 11.3 Å².